The largest absolute Gasteiger partial charge is 0.340 e. The number of imidazole rings is 1. The van der Waals surface area contributed by atoms with Crippen molar-refractivity contribution in [3.8, 4) is 0 Å². The zero-order chi connectivity index (χ0) is 17.4. The van der Waals surface area contributed by atoms with E-state index in [-0.39, 0.29) is 5.91 Å². The molecule has 1 fully saturated rings. The number of piperazine rings is 1. The van der Waals surface area contributed by atoms with E-state index in [1.807, 2.05) is 40.6 Å². The fraction of sp³-hybridized carbons (Fsp3) is 0.412. The Morgan fingerprint density at radius 1 is 1.16 bits per heavy atom. The van der Waals surface area contributed by atoms with E-state index in [9.17, 15) is 4.79 Å². The van der Waals surface area contributed by atoms with Crippen LogP contribution in [0.1, 0.15) is 27.9 Å². The molecule has 3 aromatic rings. The van der Waals surface area contributed by atoms with Gasteiger partial charge < -0.3 is 9.42 Å². The predicted octanol–water partition coefficient (Wildman–Crippen LogP) is 1.29. The number of carbonyl (C=O) groups is 1. The maximum absolute atomic E-state index is 13.0. The number of hydrogen-bond donors (Lipinski definition) is 0. The van der Waals surface area contributed by atoms with Gasteiger partial charge in [-0.15, -0.1) is 0 Å². The second-order valence-electron chi connectivity index (χ2n) is 6.27. The first kappa shape index (κ1) is 15.8. The summed E-state index contributed by atoms with van der Waals surface area (Å²) in [4.78, 5) is 25.8. The minimum Gasteiger partial charge on any atom is -0.340 e. The fourth-order valence-electron chi connectivity index (χ4n) is 3.24. The van der Waals surface area contributed by atoms with Gasteiger partial charge in [0, 0.05) is 39.3 Å². The van der Waals surface area contributed by atoms with Crippen LogP contribution in [0.4, 0.5) is 0 Å². The lowest BCUT2D eigenvalue weighted by molar-refractivity contribution is 0.0617. The number of pyridine rings is 1. The first-order valence-electron chi connectivity index (χ1n) is 8.36. The van der Waals surface area contributed by atoms with E-state index in [1.165, 1.54) is 0 Å². The Labute approximate surface area is 145 Å². The van der Waals surface area contributed by atoms with Gasteiger partial charge in [0.05, 0.1) is 12.2 Å². The summed E-state index contributed by atoms with van der Waals surface area (Å²) in [6, 6.07) is 5.75. The van der Waals surface area contributed by atoms with Crippen LogP contribution in [0, 0.1) is 13.8 Å². The molecule has 0 aliphatic carbocycles. The molecule has 4 heterocycles. The van der Waals surface area contributed by atoms with Crippen LogP contribution >= 0.6 is 0 Å². The highest BCUT2D eigenvalue weighted by molar-refractivity contribution is 5.94. The Morgan fingerprint density at radius 2 is 1.96 bits per heavy atom. The normalized spacial score (nSPS) is 15.8. The third-order valence-corrected chi connectivity index (χ3v) is 4.50. The monoisotopic (exact) mass is 340 g/mol. The third kappa shape index (κ3) is 3.00. The maximum Gasteiger partial charge on any atom is 0.272 e. The second-order valence-corrected chi connectivity index (χ2v) is 6.27. The minimum absolute atomic E-state index is 0.0336. The van der Waals surface area contributed by atoms with Crippen LogP contribution in [0.2, 0.25) is 0 Å². The van der Waals surface area contributed by atoms with Gasteiger partial charge in [-0.1, -0.05) is 11.2 Å². The molecular weight excluding hydrogens is 320 g/mol. The Balaban J connectivity index is 1.45. The molecule has 0 aromatic carbocycles. The predicted molar refractivity (Wildman–Crippen MR) is 90.1 cm³/mol. The lowest BCUT2D eigenvalue weighted by Gasteiger charge is -2.34. The molecule has 8 nitrogen and oxygen atoms in total. The Bertz CT molecular complexity index is 907. The summed E-state index contributed by atoms with van der Waals surface area (Å²) < 4.78 is 6.87. The molecular formula is C17H20N6O2. The van der Waals surface area contributed by atoms with Gasteiger partial charge in [0.25, 0.3) is 5.91 Å². The first-order chi connectivity index (χ1) is 12.1. The fourth-order valence-corrected chi connectivity index (χ4v) is 3.24. The van der Waals surface area contributed by atoms with Crippen LogP contribution in [-0.4, -0.2) is 61.4 Å². The zero-order valence-corrected chi connectivity index (χ0v) is 14.3. The summed E-state index contributed by atoms with van der Waals surface area (Å²) in [5.41, 5.74) is 2.22. The molecule has 0 saturated carbocycles. The topological polar surface area (TPSA) is 79.8 Å². The van der Waals surface area contributed by atoms with Crippen molar-refractivity contribution < 1.29 is 9.32 Å². The molecule has 4 rings (SSSR count). The first-order valence-corrected chi connectivity index (χ1v) is 8.36. The summed E-state index contributed by atoms with van der Waals surface area (Å²) in [7, 11) is 0. The van der Waals surface area contributed by atoms with Crippen molar-refractivity contribution in [3.05, 3.63) is 47.5 Å². The van der Waals surface area contributed by atoms with Gasteiger partial charge in [0.15, 0.2) is 5.82 Å². The average molecular weight is 340 g/mol. The van der Waals surface area contributed by atoms with E-state index in [2.05, 4.69) is 20.0 Å². The molecule has 1 aliphatic rings. The van der Waals surface area contributed by atoms with Gasteiger partial charge in [-0.05, 0) is 19.1 Å². The highest BCUT2D eigenvalue weighted by Crippen LogP contribution is 2.16. The lowest BCUT2D eigenvalue weighted by atomic mass is 10.2. The number of rotatable bonds is 3. The van der Waals surface area contributed by atoms with E-state index in [0.717, 1.165) is 24.4 Å². The molecule has 1 saturated heterocycles. The van der Waals surface area contributed by atoms with Gasteiger partial charge in [-0.2, -0.15) is 4.98 Å². The number of carbonyl (C=O) groups excluding carboxylic acids is 1. The van der Waals surface area contributed by atoms with E-state index in [1.54, 1.807) is 6.92 Å². The van der Waals surface area contributed by atoms with Crippen molar-refractivity contribution in [1.82, 2.24) is 29.3 Å². The molecule has 25 heavy (non-hydrogen) atoms. The molecule has 8 heteroatoms. The highest BCUT2D eigenvalue weighted by Gasteiger charge is 2.26. The average Bonchev–Trinajstić information content (AvgIpc) is 3.17. The summed E-state index contributed by atoms with van der Waals surface area (Å²) in [5, 5.41) is 3.93. The van der Waals surface area contributed by atoms with E-state index >= 15 is 0 Å². The molecule has 0 radical (unpaired) electrons. The molecule has 0 spiro atoms. The second kappa shape index (κ2) is 6.29. The summed E-state index contributed by atoms with van der Waals surface area (Å²) >= 11 is 0. The van der Waals surface area contributed by atoms with E-state index in [4.69, 9.17) is 4.52 Å². The van der Waals surface area contributed by atoms with Crippen molar-refractivity contribution in [2.45, 2.75) is 20.4 Å². The smallest absolute Gasteiger partial charge is 0.272 e. The molecule has 0 unspecified atom stereocenters. The molecule has 1 aliphatic heterocycles. The quantitative estimate of drug-likeness (QED) is 0.715. The number of aryl methyl sites for hydroxylation is 2. The standard InChI is InChI=1S/C17H20N6O2/c1-12-16(23-6-4-3-5-15(23)18-12)17(24)22-9-7-21(8-10-22)11-14-19-13(2)25-20-14/h3-6H,7-11H2,1-2H3. The van der Waals surface area contributed by atoms with Crippen LogP contribution in [-0.2, 0) is 6.54 Å². The van der Waals surface area contributed by atoms with Gasteiger partial charge in [0.2, 0.25) is 5.89 Å². The Morgan fingerprint density at radius 3 is 2.68 bits per heavy atom. The lowest BCUT2D eigenvalue weighted by Crippen LogP contribution is -2.48. The molecule has 130 valence electrons. The molecule has 3 aromatic heterocycles. The van der Waals surface area contributed by atoms with Crippen LogP contribution in [0.5, 0.6) is 0 Å². The molecule has 0 bridgehead atoms. The van der Waals surface area contributed by atoms with Gasteiger partial charge in [-0.25, -0.2) is 4.98 Å². The van der Waals surface area contributed by atoms with Crippen molar-refractivity contribution in [2.24, 2.45) is 0 Å². The van der Waals surface area contributed by atoms with Gasteiger partial charge in [0.1, 0.15) is 11.3 Å². The van der Waals surface area contributed by atoms with E-state index in [0.29, 0.717) is 37.0 Å². The Kier molecular flexibility index (Phi) is 3.96. The zero-order valence-electron chi connectivity index (χ0n) is 14.3. The number of hydrogen-bond acceptors (Lipinski definition) is 6. The maximum atomic E-state index is 13.0. The van der Waals surface area contributed by atoms with Crippen LogP contribution < -0.4 is 0 Å². The highest BCUT2D eigenvalue weighted by atomic mass is 16.5. The SMILES string of the molecule is Cc1nc(CN2CCN(C(=O)c3c(C)nc4ccccn34)CC2)no1. The van der Waals surface area contributed by atoms with Crippen molar-refractivity contribution in [2.75, 3.05) is 26.2 Å². The van der Waals surface area contributed by atoms with E-state index < -0.39 is 0 Å². The molecule has 1 amide bonds. The third-order valence-electron chi connectivity index (χ3n) is 4.50. The summed E-state index contributed by atoms with van der Waals surface area (Å²) in [6.07, 6.45) is 1.89. The van der Waals surface area contributed by atoms with Crippen LogP contribution in [0.15, 0.2) is 28.9 Å². The number of aromatic nitrogens is 4. The van der Waals surface area contributed by atoms with Gasteiger partial charge in [-0.3, -0.25) is 14.1 Å². The van der Waals surface area contributed by atoms with Gasteiger partial charge >= 0.3 is 0 Å². The molecule has 0 atom stereocenters. The summed E-state index contributed by atoms with van der Waals surface area (Å²) in [5.74, 6) is 1.30. The van der Waals surface area contributed by atoms with Crippen LogP contribution in [0.3, 0.4) is 0 Å². The van der Waals surface area contributed by atoms with Crippen molar-refractivity contribution >= 4 is 11.6 Å². The van der Waals surface area contributed by atoms with Crippen LogP contribution in [0.25, 0.3) is 5.65 Å². The molecule has 0 N–H and O–H groups in total. The van der Waals surface area contributed by atoms with Crippen molar-refractivity contribution in [1.29, 1.82) is 0 Å². The number of nitrogens with zero attached hydrogens (tertiary/aromatic N) is 6. The Hall–Kier alpha value is -2.74. The summed E-state index contributed by atoms with van der Waals surface area (Å²) in [6.45, 7) is 7.24. The number of fused-ring (bicyclic) bond motifs is 1. The van der Waals surface area contributed by atoms with Crippen molar-refractivity contribution in [3.63, 3.8) is 0 Å². The minimum atomic E-state index is 0.0336. The number of amides is 1.